The van der Waals surface area contributed by atoms with Gasteiger partial charge in [0.05, 0.1) is 34.5 Å². The molecule has 0 spiro atoms. The molecule has 4 aromatic heterocycles. The molecule has 0 bridgehead atoms. The Morgan fingerprint density at radius 1 is 0.487 bits per heavy atom. The molecular formula is C28H16CdN10. The Morgan fingerprint density at radius 3 is 0.923 bits per heavy atom. The van der Waals surface area contributed by atoms with Crippen molar-refractivity contribution in [1.29, 1.82) is 10.5 Å². The largest absolute Gasteiger partial charge is 2.00 e. The first-order chi connectivity index (χ1) is 18.7. The van der Waals surface area contributed by atoms with Gasteiger partial charge in [-0.1, -0.05) is 48.5 Å². The summed E-state index contributed by atoms with van der Waals surface area (Å²) in [4.78, 5) is 22.6. The van der Waals surface area contributed by atoms with E-state index in [1.54, 1.807) is 24.8 Å². The molecule has 0 aliphatic rings. The van der Waals surface area contributed by atoms with Crippen molar-refractivity contribution in [3.8, 4) is 12.4 Å². The molecule has 180 valence electrons. The van der Waals surface area contributed by atoms with Crippen LogP contribution >= 0.6 is 0 Å². The Hall–Kier alpha value is -5.26. The zero-order valence-electron chi connectivity index (χ0n) is 20.4. The minimum Gasteiger partial charge on any atom is -0.422 e. The van der Waals surface area contributed by atoms with Crippen LogP contribution in [-0.4, -0.2) is 32.0 Å². The van der Waals surface area contributed by atoms with Gasteiger partial charge in [0.25, 0.3) is 0 Å². The van der Waals surface area contributed by atoms with E-state index in [-0.39, 0.29) is 27.3 Å². The number of fused-ring (bicyclic) bond motifs is 6. The first kappa shape index (κ1) is 30.0. The number of aliphatic imine (C=N–C) groups is 2. The van der Waals surface area contributed by atoms with Gasteiger partial charge in [-0.05, 0) is 24.3 Å². The topological polar surface area (TPSA) is 168 Å². The van der Waals surface area contributed by atoms with Crippen LogP contribution in [0.4, 0.5) is 0 Å². The molecular weight excluding hydrogens is 589 g/mol. The maximum atomic E-state index is 7.43. The second kappa shape index (κ2) is 16.5. The van der Waals surface area contributed by atoms with Crippen LogP contribution in [0.3, 0.4) is 0 Å². The Kier molecular flexibility index (Phi) is 12.7. The molecule has 6 aromatic rings. The number of nitrogens with zero attached hydrogens (tertiary/aromatic N) is 10. The zero-order valence-corrected chi connectivity index (χ0v) is 24.5. The molecule has 0 aliphatic heterocycles. The number of nitriles is 2. The molecule has 0 radical (unpaired) electrons. The van der Waals surface area contributed by atoms with E-state index in [0.717, 1.165) is 43.6 Å². The molecule has 0 atom stereocenters. The van der Waals surface area contributed by atoms with Crippen molar-refractivity contribution in [1.82, 2.24) is 19.9 Å². The third kappa shape index (κ3) is 8.39. The first-order valence-electron chi connectivity index (χ1n) is 10.9. The van der Waals surface area contributed by atoms with E-state index in [1.165, 1.54) is 24.4 Å². The van der Waals surface area contributed by atoms with Gasteiger partial charge in [-0.15, -0.1) is 12.0 Å². The Labute approximate surface area is 243 Å². The monoisotopic (exact) mass is 606 g/mol. The maximum absolute atomic E-state index is 7.43. The smallest absolute Gasteiger partial charge is 0.422 e. The molecule has 11 heteroatoms. The number of rotatable bonds is 0. The molecule has 0 saturated heterocycles. The van der Waals surface area contributed by atoms with Gasteiger partial charge in [-0.3, -0.25) is 19.9 Å². The van der Waals surface area contributed by atoms with Crippen LogP contribution in [0.1, 0.15) is 0 Å². The van der Waals surface area contributed by atoms with Gasteiger partial charge >= 0.3 is 27.3 Å². The van der Waals surface area contributed by atoms with E-state index in [1.807, 2.05) is 24.3 Å². The molecule has 0 saturated carbocycles. The number of aromatic nitrogens is 4. The fourth-order valence-corrected chi connectivity index (χ4v) is 3.40. The third-order valence-corrected chi connectivity index (χ3v) is 4.89. The summed E-state index contributed by atoms with van der Waals surface area (Å²) in [6, 6.07) is 26.8. The van der Waals surface area contributed by atoms with Crippen LogP contribution < -0.4 is 0 Å². The number of hydrogen-bond acceptors (Lipinski definition) is 8. The molecule has 0 aliphatic carbocycles. The molecule has 39 heavy (non-hydrogen) atoms. The van der Waals surface area contributed by atoms with E-state index in [0.29, 0.717) is 0 Å². The van der Waals surface area contributed by atoms with Crippen LogP contribution in [0.2, 0.25) is 0 Å². The summed E-state index contributed by atoms with van der Waals surface area (Å²) >= 11 is 0. The van der Waals surface area contributed by atoms with Crippen LogP contribution in [0.25, 0.3) is 54.4 Å². The van der Waals surface area contributed by atoms with E-state index >= 15 is 0 Å². The van der Waals surface area contributed by atoms with E-state index in [9.17, 15) is 0 Å². The molecule has 2 aromatic carbocycles. The molecule has 0 amide bonds. The molecule has 10 nitrogen and oxygen atoms in total. The van der Waals surface area contributed by atoms with Gasteiger partial charge < -0.3 is 20.8 Å². The molecule has 6 rings (SSSR count). The number of benzene rings is 2. The van der Waals surface area contributed by atoms with Crippen molar-refractivity contribution < 1.29 is 27.3 Å². The average Bonchev–Trinajstić information content (AvgIpc) is 2.99. The van der Waals surface area contributed by atoms with Crippen molar-refractivity contribution >= 4 is 55.6 Å². The summed E-state index contributed by atoms with van der Waals surface area (Å²) in [7, 11) is 0. The summed E-state index contributed by atoms with van der Waals surface area (Å²) in [6.45, 7) is 0. The van der Waals surface area contributed by atoms with E-state index < -0.39 is 0 Å². The maximum Gasteiger partial charge on any atom is 2.00 e. The summed E-state index contributed by atoms with van der Waals surface area (Å²) in [6.07, 6.45) is 9.77. The normalized spacial score (nSPS) is 8.77. The number of hydrogen-bond donors (Lipinski definition) is 0. The molecule has 0 N–H and O–H groups in total. The predicted molar refractivity (Wildman–Crippen MR) is 147 cm³/mol. The van der Waals surface area contributed by atoms with Crippen molar-refractivity contribution in [2.75, 3.05) is 0 Å². The molecule has 0 unspecified atom stereocenters. The van der Waals surface area contributed by atoms with Gasteiger partial charge in [0.2, 0.25) is 0 Å². The summed E-state index contributed by atoms with van der Waals surface area (Å²) in [5, 5.41) is 34.3. The second-order valence-corrected chi connectivity index (χ2v) is 7.06. The van der Waals surface area contributed by atoms with Gasteiger partial charge in [-0.2, -0.15) is 10.5 Å². The Bertz CT molecular complexity index is 1630. The Balaban J connectivity index is 0.000000202. The van der Waals surface area contributed by atoms with Crippen LogP contribution in [-0.2, 0) is 27.3 Å². The average molecular weight is 605 g/mol. The Morgan fingerprint density at radius 2 is 0.744 bits per heavy atom. The van der Waals surface area contributed by atoms with Crippen molar-refractivity contribution in [3.05, 3.63) is 108 Å². The van der Waals surface area contributed by atoms with E-state index in [2.05, 4.69) is 78.5 Å². The van der Waals surface area contributed by atoms with Crippen molar-refractivity contribution in [2.24, 2.45) is 9.98 Å². The summed E-state index contributed by atoms with van der Waals surface area (Å²) in [5.74, 6) is 0. The van der Waals surface area contributed by atoms with Gasteiger partial charge in [-0.25, -0.2) is 0 Å². The molecule has 0 fully saturated rings. The van der Waals surface area contributed by atoms with Gasteiger partial charge in [0.1, 0.15) is 0 Å². The predicted octanol–water partition coefficient (Wildman–Crippen LogP) is 5.99. The quantitative estimate of drug-likeness (QED) is 0.0893. The minimum absolute atomic E-state index is 0. The fourth-order valence-electron chi connectivity index (χ4n) is 3.40. The third-order valence-electron chi connectivity index (χ3n) is 4.89. The number of pyridine rings is 4. The van der Waals surface area contributed by atoms with Gasteiger partial charge in [0, 0.05) is 46.3 Å². The minimum atomic E-state index is 0. The van der Waals surface area contributed by atoms with Crippen LogP contribution in [0.5, 0.6) is 0 Å². The summed E-state index contributed by atoms with van der Waals surface area (Å²) in [5.41, 5.74) is 3.91. The first-order valence-corrected chi connectivity index (χ1v) is 10.9. The second-order valence-electron chi connectivity index (χ2n) is 7.06. The summed E-state index contributed by atoms with van der Waals surface area (Å²) < 4.78 is 0. The van der Waals surface area contributed by atoms with Crippen LogP contribution in [0.15, 0.2) is 108 Å². The van der Waals surface area contributed by atoms with Crippen LogP contribution in [0, 0.1) is 22.9 Å². The SMILES string of the molecule is N#CN=C=[N-].N#CN=C=[N-].[Cd+2].c1cnc2c(c1)ccc1cccnc12.c1cnc2c(c1)ccc1cccnc12. The van der Waals surface area contributed by atoms with Crippen molar-refractivity contribution in [2.45, 2.75) is 0 Å². The van der Waals surface area contributed by atoms with E-state index in [4.69, 9.17) is 21.3 Å². The van der Waals surface area contributed by atoms with Gasteiger partial charge in [0.15, 0.2) is 0 Å². The zero-order chi connectivity index (χ0) is 27.0. The standard InChI is InChI=1S/2C12H8N2.2C2N3.Cd/c2*1-3-9-5-6-10-4-2-8-14-12(10)11(9)13-7-1;2*3-1-5-2-4;/h2*1-8H;;;/q;;2*-1;+2. The fraction of sp³-hybridized carbons (Fsp3) is 0. The molecule has 4 heterocycles. The van der Waals surface area contributed by atoms with Crippen molar-refractivity contribution in [3.63, 3.8) is 0 Å².